The van der Waals surface area contributed by atoms with Gasteiger partial charge in [-0.15, -0.1) is 24.8 Å². The van der Waals surface area contributed by atoms with Crippen LogP contribution in [0, 0.1) is 0 Å². The van der Waals surface area contributed by atoms with Gasteiger partial charge >= 0.3 is 0 Å². The fourth-order valence-electron chi connectivity index (χ4n) is 4.38. The number of nitrogens with two attached hydrogens (primary N) is 1. The molecule has 132 valence electrons. The van der Waals surface area contributed by atoms with Crippen LogP contribution in [0.5, 0.6) is 0 Å². The molecular formula is C19H32Cl2N2. The molecule has 1 aromatic rings. The lowest BCUT2D eigenvalue weighted by atomic mass is 9.68. The monoisotopic (exact) mass is 358 g/mol. The average Bonchev–Trinajstić information content (AvgIpc) is 2.85. The van der Waals surface area contributed by atoms with Crippen molar-refractivity contribution in [1.29, 1.82) is 0 Å². The Labute approximate surface area is 154 Å². The van der Waals surface area contributed by atoms with Gasteiger partial charge in [-0.2, -0.15) is 0 Å². The smallest absolute Gasteiger partial charge is 0.00959 e. The van der Waals surface area contributed by atoms with E-state index in [0.717, 1.165) is 12.6 Å². The van der Waals surface area contributed by atoms with E-state index in [1.165, 1.54) is 70.0 Å². The Kier molecular flexibility index (Phi) is 8.92. The van der Waals surface area contributed by atoms with Crippen LogP contribution in [0.1, 0.15) is 56.9 Å². The maximum Gasteiger partial charge on any atom is 0.00959 e. The van der Waals surface area contributed by atoms with Crippen molar-refractivity contribution in [2.75, 3.05) is 19.6 Å². The molecule has 1 saturated heterocycles. The van der Waals surface area contributed by atoms with Crippen LogP contribution >= 0.6 is 24.8 Å². The van der Waals surface area contributed by atoms with Gasteiger partial charge in [0.05, 0.1) is 0 Å². The van der Waals surface area contributed by atoms with Crippen molar-refractivity contribution in [3.05, 3.63) is 35.9 Å². The SMILES string of the molecule is Cl.Cl.NCC1(c2ccccc2)CCC(N2CCCCCC2)CC1. The molecular weight excluding hydrogens is 327 g/mol. The molecule has 1 aliphatic carbocycles. The van der Waals surface area contributed by atoms with Gasteiger partial charge in [-0.25, -0.2) is 0 Å². The summed E-state index contributed by atoms with van der Waals surface area (Å²) < 4.78 is 0. The zero-order chi connectivity index (χ0) is 14.5. The fourth-order valence-corrected chi connectivity index (χ4v) is 4.38. The molecule has 1 heterocycles. The van der Waals surface area contributed by atoms with Crippen molar-refractivity contribution in [3.63, 3.8) is 0 Å². The Morgan fingerprint density at radius 3 is 2.00 bits per heavy atom. The van der Waals surface area contributed by atoms with E-state index in [1.807, 2.05) is 0 Å². The van der Waals surface area contributed by atoms with Crippen molar-refractivity contribution in [2.24, 2.45) is 5.73 Å². The minimum Gasteiger partial charge on any atom is -0.330 e. The number of nitrogens with zero attached hydrogens (tertiary/aromatic N) is 1. The summed E-state index contributed by atoms with van der Waals surface area (Å²) >= 11 is 0. The molecule has 0 unspecified atom stereocenters. The molecule has 3 rings (SSSR count). The summed E-state index contributed by atoms with van der Waals surface area (Å²) in [7, 11) is 0. The van der Waals surface area contributed by atoms with Crippen LogP contribution in [-0.2, 0) is 5.41 Å². The largest absolute Gasteiger partial charge is 0.330 e. The Balaban J connectivity index is 0.00000132. The molecule has 2 nitrogen and oxygen atoms in total. The van der Waals surface area contributed by atoms with Gasteiger partial charge in [0.1, 0.15) is 0 Å². The Hall–Kier alpha value is -0.280. The molecule has 0 spiro atoms. The summed E-state index contributed by atoms with van der Waals surface area (Å²) in [5.41, 5.74) is 7.91. The Morgan fingerprint density at radius 1 is 0.913 bits per heavy atom. The van der Waals surface area contributed by atoms with E-state index in [-0.39, 0.29) is 30.2 Å². The molecule has 2 N–H and O–H groups in total. The third-order valence-electron chi connectivity index (χ3n) is 5.85. The maximum atomic E-state index is 6.21. The highest BCUT2D eigenvalue weighted by atomic mass is 35.5. The van der Waals surface area contributed by atoms with E-state index < -0.39 is 0 Å². The first-order valence-electron chi connectivity index (χ1n) is 8.84. The van der Waals surface area contributed by atoms with Crippen LogP contribution in [0.3, 0.4) is 0 Å². The number of rotatable bonds is 3. The maximum absolute atomic E-state index is 6.21. The van der Waals surface area contributed by atoms with Crippen LogP contribution < -0.4 is 5.73 Å². The number of hydrogen-bond donors (Lipinski definition) is 1. The first-order chi connectivity index (χ1) is 10.3. The second-order valence-electron chi connectivity index (χ2n) is 7.03. The summed E-state index contributed by atoms with van der Waals surface area (Å²) in [5, 5.41) is 0. The number of benzene rings is 1. The highest BCUT2D eigenvalue weighted by molar-refractivity contribution is 5.85. The van der Waals surface area contributed by atoms with E-state index in [2.05, 4.69) is 35.2 Å². The molecule has 1 aromatic carbocycles. The van der Waals surface area contributed by atoms with Crippen LogP contribution in [0.25, 0.3) is 0 Å². The molecule has 0 aromatic heterocycles. The van der Waals surface area contributed by atoms with E-state index in [1.54, 1.807) is 0 Å². The predicted octanol–water partition coefficient (Wildman–Crippen LogP) is 4.55. The van der Waals surface area contributed by atoms with Crippen molar-refractivity contribution < 1.29 is 0 Å². The van der Waals surface area contributed by atoms with Crippen molar-refractivity contribution in [3.8, 4) is 0 Å². The Bertz CT molecular complexity index is 422. The van der Waals surface area contributed by atoms with Gasteiger partial charge in [0.25, 0.3) is 0 Å². The van der Waals surface area contributed by atoms with Gasteiger partial charge in [0.15, 0.2) is 0 Å². The van der Waals surface area contributed by atoms with Gasteiger partial charge in [-0.05, 0) is 57.2 Å². The van der Waals surface area contributed by atoms with Crippen LogP contribution in [-0.4, -0.2) is 30.6 Å². The third kappa shape index (κ3) is 4.85. The molecule has 1 saturated carbocycles. The van der Waals surface area contributed by atoms with Gasteiger partial charge in [0.2, 0.25) is 0 Å². The van der Waals surface area contributed by atoms with E-state index in [9.17, 15) is 0 Å². The minimum absolute atomic E-state index is 0. The van der Waals surface area contributed by atoms with Crippen molar-refractivity contribution in [2.45, 2.75) is 62.8 Å². The summed E-state index contributed by atoms with van der Waals surface area (Å²) in [6, 6.07) is 11.8. The lowest BCUT2D eigenvalue weighted by Gasteiger charge is -2.43. The predicted molar refractivity (Wildman–Crippen MR) is 104 cm³/mol. The van der Waals surface area contributed by atoms with Gasteiger partial charge < -0.3 is 10.6 Å². The molecule has 2 aliphatic rings. The summed E-state index contributed by atoms with van der Waals surface area (Å²) in [5.74, 6) is 0. The van der Waals surface area contributed by atoms with Crippen LogP contribution in [0.2, 0.25) is 0 Å². The van der Waals surface area contributed by atoms with Crippen LogP contribution in [0.4, 0.5) is 0 Å². The Morgan fingerprint density at radius 2 is 1.48 bits per heavy atom. The topological polar surface area (TPSA) is 29.3 Å². The number of likely N-dealkylation sites (tertiary alicyclic amines) is 1. The van der Waals surface area contributed by atoms with Gasteiger partial charge in [-0.1, -0.05) is 43.2 Å². The standard InChI is InChI=1S/C19H30N2.2ClH/c20-16-19(17-8-4-3-5-9-17)12-10-18(11-13-19)21-14-6-1-2-7-15-21;;/h3-5,8-9,18H,1-2,6-7,10-16,20H2;2*1H. The molecule has 1 aliphatic heterocycles. The molecule has 0 bridgehead atoms. The minimum atomic E-state index is 0. The molecule has 23 heavy (non-hydrogen) atoms. The zero-order valence-electron chi connectivity index (χ0n) is 14.1. The third-order valence-corrected chi connectivity index (χ3v) is 5.85. The van der Waals surface area contributed by atoms with Crippen molar-refractivity contribution >= 4 is 24.8 Å². The first kappa shape index (κ1) is 20.8. The average molecular weight is 359 g/mol. The lowest BCUT2D eigenvalue weighted by Crippen LogP contribution is -2.45. The molecule has 0 radical (unpaired) electrons. The molecule has 4 heteroatoms. The normalized spacial score (nSPS) is 29.0. The van der Waals surface area contributed by atoms with E-state index in [0.29, 0.717) is 0 Å². The highest BCUT2D eigenvalue weighted by Crippen LogP contribution is 2.40. The molecule has 0 amide bonds. The summed E-state index contributed by atoms with van der Waals surface area (Å²) in [6.45, 7) is 3.45. The fraction of sp³-hybridized carbons (Fsp3) is 0.684. The molecule has 2 fully saturated rings. The first-order valence-corrected chi connectivity index (χ1v) is 8.84. The summed E-state index contributed by atoms with van der Waals surface area (Å²) in [6.07, 6.45) is 10.8. The lowest BCUT2D eigenvalue weighted by molar-refractivity contribution is 0.128. The van der Waals surface area contributed by atoms with Gasteiger partial charge in [-0.3, -0.25) is 0 Å². The second kappa shape index (κ2) is 9.88. The number of hydrogen-bond acceptors (Lipinski definition) is 2. The second-order valence-corrected chi connectivity index (χ2v) is 7.03. The zero-order valence-corrected chi connectivity index (χ0v) is 15.7. The van der Waals surface area contributed by atoms with E-state index in [4.69, 9.17) is 5.73 Å². The molecule has 0 atom stereocenters. The summed E-state index contributed by atoms with van der Waals surface area (Å²) in [4.78, 5) is 2.78. The van der Waals surface area contributed by atoms with E-state index >= 15 is 0 Å². The van der Waals surface area contributed by atoms with Crippen LogP contribution in [0.15, 0.2) is 30.3 Å². The number of halogens is 2. The quantitative estimate of drug-likeness (QED) is 0.858. The van der Waals surface area contributed by atoms with Gasteiger partial charge in [0, 0.05) is 18.0 Å². The highest BCUT2D eigenvalue weighted by Gasteiger charge is 2.37. The van der Waals surface area contributed by atoms with Crippen molar-refractivity contribution in [1.82, 2.24) is 4.90 Å².